The summed E-state index contributed by atoms with van der Waals surface area (Å²) in [7, 11) is 3.60. The summed E-state index contributed by atoms with van der Waals surface area (Å²) in [4.78, 5) is 21.1. The molecular weight excluding hydrogens is 326 g/mol. The maximum absolute atomic E-state index is 11.6. The van der Waals surface area contributed by atoms with Crippen LogP contribution in [-0.2, 0) is 4.79 Å². The highest BCUT2D eigenvalue weighted by Crippen LogP contribution is 2.21. The third-order valence-corrected chi connectivity index (χ3v) is 5.72. The monoisotopic (exact) mass is 365 g/mol. The number of likely N-dealkylation sites (tertiary alicyclic amines) is 2. The highest BCUT2D eigenvalue weighted by atomic mass is 16.1. The van der Waals surface area contributed by atoms with Gasteiger partial charge in [-0.25, -0.2) is 0 Å². The van der Waals surface area contributed by atoms with Crippen molar-refractivity contribution >= 4 is 11.9 Å². The molecule has 0 aromatic heterocycles. The Kier molecular flexibility index (Phi) is 8.69. The molecule has 2 saturated heterocycles. The molecule has 1 amide bonds. The molecule has 6 nitrogen and oxygen atoms in total. The third kappa shape index (κ3) is 6.45. The van der Waals surface area contributed by atoms with E-state index in [4.69, 9.17) is 0 Å². The van der Waals surface area contributed by atoms with Crippen molar-refractivity contribution < 1.29 is 4.79 Å². The molecule has 26 heavy (non-hydrogen) atoms. The minimum Gasteiger partial charge on any atom is -0.359 e. The lowest BCUT2D eigenvalue weighted by Gasteiger charge is -2.39. The van der Waals surface area contributed by atoms with Gasteiger partial charge in [-0.05, 0) is 44.1 Å². The number of hydrogen-bond donors (Lipinski definition) is 2. The van der Waals surface area contributed by atoms with Crippen molar-refractivity contribution in [3.8, 4) is 0 Å². The normalized spacial score (nSPS) is 23.3. The molecule has 2 aliphatic heterocycles. The fourth-order valence-electron chi connectivity index (χ4n) is 4.26. The van der Waals surface area contributed by atoms with Gasteiger partial charge < -0.3 is 15.5 Å². The van der Waals surface area contributed by atoms with Gasteiger partial charge in [0.05, 0.1) is 0 Å². The van der Waals surface area contributed by atoms with Gasteiger partial charge in [0.15, 0.2) is 5.96 Å². The molecule has 1 unspecified atom stereocenters. The average Bonchev–Trinajstić information content (AvgIpc) is 2.64. The zero-order valence-electron chi connectivity index (χ0n) is 17.3. The number of guanidine groups is 1. The molecule has 0 aliphatic carbocycles. The summed E-state index contributed by atoms with van der Waals surface area (Å²) in [6.07, 6.45) is 6.74. The van der Waals surface area contributed by atoms with Crippen molar-refractivity contribution in [1.29, 1.82) is 0 Å². The molecule has 1 atom stereocenters. The molecule has 0 aromatic carbocycles. The van der Waals surface area contributed by atoms with Gasteiger partial charge in [-0.2, -0.15) is 0 Å². The van der Waals surface area contributed by atoms with E-state index in [0.29, 0.717) is 24.3 Å². The van der Waals surface area contributed by atoms with Crippen LogP contribution in [0.4, 0.5) is 0 Å². The lowest BCUT2D eigenvalue weighted by atomic mass is 9.93. The summed E-state index contributed by atoms with van der Waals surface area (Å²) >= 11 is 0. The van der Waals surface area contributed by atoms with Crippen LogP contribution in [0.2, 0.25) is 0 Å². The first-order valence-corrected chi connectivity index (χ1v) is 10.4. The molecule has 6 heteroatoms. The highest BCUT2D eigenvalue weighted by molar-refractivity contribution is 5.80. The van der Waals surface area contributed by atoms with E-state index >= 15 is 0 Å². The first-order chi connectivity index (χ1) is 12.5. The van der Waals surface area contributed by atoms with Crippen molar-refractivity contribution in [3.63, 3.8) is 0 Å². The SMILES string of the molecule is CN=C(NCC1CCCCN1CC(C)C)N1CCC(CC(=O)NC)CC1. The van der Waals surface area contributed by atoms with E-state index in [0.717, 1.165) is 38.4 Å². The summed E-state index contributed by atoms with van der Waals surface area (Å²) < 4.78 is 0. The molecule has 150 valence electrons. The smallest absolute Gasteiger partial charge is 0.220 e. The number of rotatable bonds is 6. The summed E-state index contributed by atoms with van der Waals surface area (Å²) in [5, 5.41) is 6.37. The van der Waals surface area contributed by atoms with Crippen molar-refractivity contribution in [2.75, 3.05) is 46.8 Å². The molecule has 2 N–H and O–H groups in total. The minimum atomic E-state index is 0.161. The van der Waals surface area contributed by atoms with Gasteiger partial charge in [-0.3, -0.25) is 14.7 Å². The maximum Gasteiger partial charge on any atom is 0.220 e. The summed E-state index contributed by atoms with van der Waals surface area (Å²) in [5.41, 5.74) is 0. The Morgan fingerprint density at radius 3 is 2.50 bits per heavy atom. The van der Waals surface area contributed by atoms with E-state index in [1.807, 2.05) is 7.05 Å². The Balaban J connectivity index is 1.79. The molecule has 2 heterocycles. The van der Waals surface area contributed by atoms with Crippen LogP contribution in [0.3, 0.4) is 0 Å². The number of hydrogen-bond acceptors (Lipinski definition) is 3. The van der Waals surface area contributed by atoms with Gasteiger partial charge in [-0.1, -0.05) is 20.3 Å². The van der Waals surface area contributed by atoms with E-state index in [1.165, 1.54) is 32.4 Å². The van der Waals surface area contributed by atoms with Crippen LogP contribution in [0, 0.1) is 11.8 Å². The van der Waals surface area contributed by atoms with Crippen molar-refractivity contribution in [3.05, 3.63) is 0 Å². The van der Waals surface area contributed by atoms with Crippen LogP contribution >= 0.6 is 0 Å². The molecule has 2 rings (SSSR count). The van der Waals surface area contributed by atoms with Crippen molar-refractivity contribution in [2.45, 2.75) is 58.4 Å². The topological polar surface area (TPSA) is 60.0 Å². The summed E-state index contributed by atoms with van der Waals surface area (Å²) in [5.74, 6) is 2.41. The van der Waals surface area contributed by atoms with E-state index in [1.54, 1.807) is 7.05 Å². The van der Waals surface area contributed by atoms with Crippen LogP contribution in [0.15, 0.2) is 4.99 Å². The number of carbonyl (C=O) groups is 1. The number of carbonyl (C=O) groups excluding carboxylic acids is 1. The van der Waals surface area contributed by atoms with Crippen LogP contribution in [0.1, 0.15) is 52.4 Å². The van der Waals surface area contributed by atoms with Gasteiger partial charge in [0.2, 0.25) is 5.91 Å². The number of nitrogens with zero attached hydrogens (tertiary/aromatic N) is 3. The predicted molar refractivity (Wildman–Crippen MR) is 108 cm³/mol. The minimum absolute atomic E-state index is 0.161. The lowest BCUT2D eigenvalue weighted by molar-refractivity contribution is -0.121. The number of aliphatic imine (C=N–C) groups is 1. The van der Waals surface area contributed by atoms with Gasteiger partial charge in [0.1, 0.15) is 0 Å². The fourth-order valence-corrected chi connectivity index (χ4v) is 4.26. The van der Waals surface area contributed by atoms with Crippen LogP contribution in [0.5, 0.6) is 0 Å². The number of piperidine rings is 2. The van der Waals surface area contributed by atoms with Gasteiger partial charge in [0, 0.05) is 52.7 Å². The molecule has 2 aliphatic rings. The summed E-state index contributed by atoms with van der Waals surface area (Å²) in [6.45, 7) is 9.99. The second-order valence-electron chi connectivity index (χ2n) is 8.27. The van der Waals surface area contributed by atoms with Crippen LogP contribution in [-0.4, -0.2) is 74.5 Å². The standard InChI is InChI=1S/C20H39N5O/c1-16(2)15-25-10-6-5-7-18(25)14-23-20(22-4)24-11-8-17(9-12-24)13-19(26)21-3/h16-18H,5-15H2,1-4H3,(H,21,26)(H,22,23). The zero-order valence-corrected chi connectivity index (χ0v) is 17.3. The molecule has 2 fully saturated rings. The molecule has 0 bridgehead atoms. The van der Waals surface area contributed by atoms with Gasteiger partial charge >= 0.3 is 0 Å². The largest absolute Gasteiger partial charge is 0.359 e. The van der Waals surface area contributed by atoms with E-state index in [9.17, 15) is 4.79 Å². The zero-order chi connectivity index (χ0) is 18.9. The first-order valence-electron chi connectivity index (χ1n) is 10.4. The Labute approximate surface area is 159 Å². The number of nitrogens with one attached hydrogen (secondary N) is 2. The van der Waals surface area contributed by atoms with Crippen molar-refractivity contribution in [1.82, 2.24) is 20.4 Å². The second kappa shape index (κ2) is 10.8. The third-order valence-electron chi connectivity index (χ3n) is 5.72. The molecule has 0 spiro atoms. The molecule has 0 radical (unpaired) electrons. The fraction of sp³-hybridized carbons (Fsp3) is 0.900. The van der Waals surface area contributed by atoms with E-state index in [-0.39, 0.29) is 5.91 Å². The van der Waals surface area contributed by atoms with E-state index in [2.05, 4.69) is 39.3 Å². The van der Waals surface area contributed by atoms with Gasteiger partial charge in [0.25, 0.3) is 0 Å². The van der Waals surface area contributed by atoms with Crippen LogP contribution < -0.4 is 10.6 Å². The Morgan fingerprint density at radius 2 is 1.88 bits per heavy atom. The lowest BCUT2D eigenvalue weighted by Crippen LogP contribution is -2.52. The average molecular weight is 366 g/mol. The maximum atomic E-state index is 11.6. The number of amides is 1. The highest BCUT2D eigenvalue weighted by Gasteiger charge is 2.26. The quantitative estimate of drug-likeness (QED) is 0.558. The Hall–Kier alpha value is -1.30. The van der Waals surface area contributed by atoms with Crippen molar-refractivity contribution in [2.24, 2.45) is 16.8 Å². The predicted octanol–water partition coefficient (Wildman–Crippen LogP) is 1.92. The Bertz CT molecular complexity index is 457. The first kappa shape index (κ1) is 21.0. The Morgan fingerprint density at radius 1 is 1.15 bits per heavy atom. The molecule has 0 saturated carbocycles. The van der Waals surface area contributed by atoms with Gasteiger partial charge in [-0.15, -0.1) is 0 Å². The van der Waals surface area contributed by atoms with Crippen LogP contribution in [0.25, 0.3) is 0 Å². The van der Waals surface area contributed by atoms with E-state index < -0.39 is 0 Å². The molecular formula is C20H39N5O. The second-order valence-corrected chi connectivity index (χ2v) is 8.27. The summed E-state index contributed by atoms with van der Waals surface area (Å²) in [6, 6.07) is 0.619. The molecule has 0 aromatic rings.